The molecule has 1 atom stereocenters. The minimum absolute atomic E-state index is 0.625. The lowest BCUT2D eigenvalue weighted by atomic mass is 9.76. The maximum absolute atomic E-state index is 3.57. The molecule has 2 fully saturated rings. The summed E-state index contributed by atoms with van der Waals surface area (Å²) in [4.78, 5) is 0. The third-order valence-electron chi connectivity index (χ3n) is 3.20. The lowest BCUT2D eigenvalue weighted by Crippen LogP contribution is -2.62. The second-order valence-corrected chi connectivity index (χ2v) is 3.65. The first-order valence-electron chi connectivity index (χ1n) is 5.08. The molecule has 1 saturated heterocycles. The molecule has 1 unspecified atom stereocenters. The summed E-state index contributed by atoms with van der Waals surface area (Å²) in [6.07, 6.45) is 5.79. The van der Waals surface area contributed by atoms with Gasteiger partial charge < -0.3 is 5.32 Å². The van der Waals surface area contributed by atoms with Crippen LogP contribution in [0.3, 0.4) is 0 Å². The Morgan fingerprint density at radius 3 is 1.91 bits per heavy atom. The molecule has 0 amide bonds. The zero-order valence-corrected chi connectivity index (χ0v) is 8.11. The van der Waals surface area contributed by atoms with Crippen molar-refractivity contribution in [2.45, 2.75) is 52.0 Å². The third-order valence-corrected chi connectivity index (χ3v) is 3.20. The maximum Gasteiger partial charge on any atom is 0.0219 e. The van der Waals surface area contributed by atoms with Crippen LogP contribution in [0.2, 0.25) is 0 Å². The molecule has 1 N–H and O–H groups in total. The van der Waals surface area contributed by atoms with Crippen molar-refractivity contribution >= 4 is 0 Å². The van der Waals surface area contributed by atoms with Crippen LogP contribution in [0, 0.1) is 5.92 Å². The number of rotatable bonds is 0. The summed E-state index contributed by atoms with van der Waals surface area (Å²) < 4.78 is 0. The van der Waals surface area contributed by atoms with Crippen LogP contribution in [0.4, 0.5) is 0 Å². The topological polar surface area (TPSA) is 12.0 Å². The smallest absolute Gasteiger partial charge is 0.0219 e. The molecular formula is C10H21N. The van der Waals surface area contributed by atoms with Crippen molar-refractivity contribution in [1.29, 1.82) is 0 Å². The van der Waals surface area contributed by atoms with Gasteiger partial charge in [-0.05, 0) is 25.3 Å². The van der Waals surface area contributed by atoms with Crippen LogP contribution >= 0.6 is 0 Å². The van der Waals surface area contributed by atoms with E-state index in [1.807, 2.05) is 13.8 Å². The van der Waals surface area contributed by atoms with Crippen molar-refractivity contribution in [3.8, 4) is 0 Å². The normalized spacial score (nSPS) is 32.5. The van der Waals surface area contributed by atoms with Crippen LogP contribution in [0.25, 0.3) is 0 Å². The predicted molar refractivity (Wildman–Crippen MR) is 49.7 cm³/mol. The maximum atomic E-state index is 3.57. The molecule has 1 aliphatic carbocycles. The van der Waals surface area contributed by atoms with E-state index in [-0.39, 0.29) is 0 Å². The molecule has 2 rings (SSSR count). The van der Waals surface area contributed by atoms with Gasteiger partial charge in [0.05, 0.1) is 0 Å². The van der Waals surface area contributed by atoms with E-state index >= 15 is 0 Å². The third kappa shape index (κ3) is 1.44. The Balaban J connectivity index is 0.000000281. The molecule has 1 spiro atoms. The molecule has 0 bridgehead atoms. The summed E-state index contributed by atoms with van der Waals surface area (Å²) in [5.41, 5.74) is 0.625. The Labute approximate surface area is 70.6 Å². The van der Waals surface area contributed by atoms with Gasteiger partial charge in [0.2, 0.25) is 0 Å². The molecule has 1 saturated carbocycles. The molecule has 2 aliphatic rings. The van der Waals surface area contributed by atoms with Crippen molar-refractivity contribution in [2.75, 3.05) is 6.54 Å². The van der Waals surface area contributed by atoms with Gasteiger partial charge in [0, 0.05) is 5.54 Å². The van der Waals surface area contributed by atoms with E-state index in [1.54, 1.807) is 0 Å². The Morgan fingerprint density at radius 2 is 1.73 bits per heavy atom. The molecule has 0 aromatic rings. The van der Waals surface area contributed by atoms with E-state index in [1.165, 1.54) is 32.2 Å². The van der Waals surface area contributed by atoms with Crippen LogP contribution in [0.1, 0.15) is 46.5 Å². The second kappa shape index (κ2) is 3.57. The molecule has 1 heterocycles. The van der Waals surface area contributed by atoms with Crippen LogP contribution < -0.4 is 5.32 Å². The lowest BCUT2D eigenvalue weighted by molar-refractivity contribution is 0.122. The minimum Gasteiger partial charge on any atom is -0.311 e. The highest BCUT2D eigenvalue weighted by Gasteiger charge is 2.44. The van der Waals surface area contributed by atoms with Crippen LogP contribution in [-0.2, 0) is 0 Å². The van der Waals surface area contributed by atoms with E-state index in [4.69, 9.17) is 0 Å². The lowest BCUT2D eigenvalue weighted by Gasteiger charge is -2.47. The molecule has 1 nitrogen and oxygen atoms in total. The largest absolute Gasteiger partial charge is 0.311 e. The molecule has 1 heteroatoms. The van der Waals surface area contributed by atoms with Crippen LogP contribution in [-0.4, -0.2) is 12.1 Å². The highest BCUT2D eigenvalue weighted by Crippen LogP contribution is 2.40. The molecule has 0 radical (unpaired) electrons. The molecular weight excluding hydrogens is 134 g/mol. The van der Waals surface area contributed by atoms with Gasteiger partial charge in [-0.15, -0.1) is 0 Å². The zero-order chi connectivity index (χ0) is 8.32. The summed E-state index contributed by atoms with van der Waals surface area (Å²) in [6.45, 7) is 7.64. The first-order valence-corrected chi connectivity index (χ1v) is 5.08. The Morgan fingerprint density at radius 1 is 1.18 bits per heavy atom. The summed E-state index contributed by atoms with van der Waals surface area (Å²) in [6, 6.07) is 0. The van der Waals surface area contributed by atoms with Gasteiger partial charge in [-0.1, -0.05) is 33.6 Å². The van der Waals surface area contributed by atoms with Crippen molar-refractivity contribution in [3.63, 3.8) is 0 Å². The van der Waals surface area contributed by atoms with Gasteiger partial charge in [0.1, 0.15) is 0 Å². The van der Waals surface area contributed by atoms with Gasteiger partial charge in [-0.25, -0.2) is 0 Å². The molecule has 0 aromatic heterocycles. The second-order valence-electron chi connectivity index (χ2n) is 3.65. The number of hydrogen-bond donors (Lipinski definition) is 1. The van der Waals surface area contributed by atoms with E-state index in [2.05, 4.69) is 12.2 Å². The van der Waals surface area contributed by atoms with Crippen molar-refractivity contribution in [3.05, 3.63) is 0 Å². The Bertz CT molecular complexity index is 114. The summed E-state index contributed by atoms with van der Waals surface area (Å²) in [5, 5.41) is 3.57. The highest BCUT2D eigenvalue weighted by molar-refractivity contribution is 5.04. The molecule has 0 aromatic carbocycles. The van der Waals surface area contributed by atoms with E-state index in [9.17, 15) is 0 Å². The first-order chi connectivity index (χ1) is 5.33. The van der Waals surface area contributed by atoms with E-state index in [0.717, 1.165) is 5.92 Å². The van der Waals surface area contributed by atoms with Crippen molar-refractivity contribution < 1.29 is 0 Å². The molecule has 66 valence electrons. The van der Waals surface area contributed by atoms with E-state index in [0.29, 0.717) is 5.54 Å². The predicted octanol–water partition coefficient (Wildman–Crippen LogP) is 2.56. The summed E-state index contributed by atoms with van der Waals surface area (Å²) >= 11 is 0. The SMILES string of the molecule is CC.CC1CNC12CCCC2. The number of hydrogen-bond acceptors (Lipinski definition) is 1. The Kier molecular flexibility index (Phi) is 2.94. The fraction of sp³-hybridized carbons (Fsp3) is 1.00. The van der Waals surface area contributed by atoms with Gasteiger partial charge in [0.25, 0.3) is 0 Å². The minimum atomic E-state index is 0.625. The molecule has 1 aliphatic heterocycles. The zero-order valence-electron chi connectivity index (χ0n) is 8.11. The standard InChI is InChI=1S/C8H15N.C2H6/c1-7-6-9-8(7)4-2-3-5-8;1-2/h7,9H,2-6H2,1H3;1-2H3. The average molecular weight is 155 g/mol. The highest BCUT2D eigenvalue weighted by atomic mass is 15.1. The van der Waals surface area contributed by atoms with Crippen LogP contribution in [0.5, 0.6) is 0 Å². The van der Waals surface area contributed by atoms with Gasteiger partial charge in [0.15, 0.2) is 0 Å². The monoisotopic (exact) mass is 155 g/mol. The summed E-state index contributed by atoms with van der Waals surface area (Å²) in [7, 11) is 0. The van der Waals surface area contributed by atoms with Crippen LogP contribution in [0.15, 0.2) is 0 Å². The van der Waals surface area contributed by atoms with Crippen molar-refractivity contribution in [2.24, 2.45) is 5.92 Å². The fourth-order valence-corrected chi connectivity index (χ4v) is 2.27. The van der Waals surface area contributed by atoms with Gasteiger partial charge >= 0.3 is 0 Å². The fourth-order valence-electron chi connectivity index (χ4n) is 2.27. The Hall–Kier alpha value is -0.0400. The van der Waals surface area contributed by atoms with Crippen molar-refractivity contribution in [1.82, 2.24) is 5.32 Å². The quantitative estimate of drug-likeness (QED) is 0.567. The van der Waals surface area contributed by atoms with E-state index < -0.39 is 0 Å². The average Bonchev–Trinajstić information content (AvgIpc) is 2.56. The number of nitrogens with one attached hydrogen (secondary N) is 1. The van der Waals surface area contributed by atoms with Gasteiger partial charge in [-0.3, -0.25) is 0 Å². The molecule has 11 heavy (non-hydrogen) atoms. The first kappa shape index (κ1) is 9.05. The summed E-state index contributed by atoms with van der Waals surface area (Å²) in [5.74, 6) is 0.958. The van der Waals surface area contributed by atoms with Gasteiger partial charge in [-0.2, -0.15) is 0 Å².